The number of benzene rings is 1. The zero-order valence-corrected chi connectivity index (χ0v) is 13.8. The van der Waals surface area contributed by atoms with Gasteiger partial charge in [0.05, 0.1) is 5.02 Å². The van der Waals surface area contributed by atoms with E-state index >= 15 is 0 Å². The summed E-state index contributed by atoms with van der Waals surface area (Å²) in [5, 5.41) is 0.181. The van der Waals surface area contributed by atoms with Crippen LogP contribution in [0.1, 0.15) is 25.7 Å². The summed E-state index contributed by atoms with van der Waals surface area (Å²) >= 11 is 5.94. The molecule has 1 fully saturated rings. The third-order valence-corrected chi connectivity index (χ3v) is 5.89. The van der Waals surface area contributed by atoms with E-state index in [1.807, 2.05) is 7.05 Å². The van der Waals surface area contributed by atoms with Crippen LogP contribution in [0, 0.1) is 0 Å². The molecule has 3 N–H and O–H groups in total. The largest absolute Gasteiger partial charge is 0.399 e. The molecule has 1 aliphatic rings. The lowest BCUT2D eigenvalue weighted by Gasteiger charge is -2.23. The van der Waals surface area contributed by atoms with E-state index in [1.165, 1.54) is 37.8 Å². The van der Waals surface area contributed by atoms with Crippen LogP contribution in [0.5, 0.6) is 0 Å². The number of nitrogens with one attached hydrogen (secondary N) is 1. The van der Waals surface area contributed by atoms with Crippen molar-refractivity contribution in [2.75, 3.05) is 25.9 Å². The molecule has 1 aromatic rings. The standard InChI is InChI=1S/C14H22ClN3O2S/c1-18(12-4-2-3-5-12)9-8-17-21(19,20)14-10-11(16)6-7-13(14)15/h6-7,10,12,17H,2-5,8-9,16H2,1H3. The molecule has 0 radical (unpaired) electrons. The second-order valence-corrected chi connectivity index (χ2v) is 7.65. The molecule has 0 unspecified atom stereocenters. The van der Waals surface area contributed by atoms with Gasteiger partial charge in [-0.3, -0.25) is 0 Å². The smallest absolute Gasteiger partial charge is 0.242 e. The van der Waals surface area contributed by atoms with Gasteiger partial charge < -0.3 is 10.6 Å². The molecule has 0 saturated heterocycles. The third kappa shape index (κ3) is 4.32. The Kier molecular flexibility index (Phi) is 5.48. The summed E-state index contributed by atoms with van der Waals surface area (Å²) in [6, 6.07) is 5.03. The van der Waals surface area contributed by atoms with Gasteiger partial charge in [0.2, 0.25) is 10.0 Å². The molecule has 21 heavy (non-hydrogen) atoms. The van der Waals surface area contributed by atoms with Crippen LogP contribution in [-0.2, 0) is 10.0 Å². The van der Waals surface area contributed by atoms with Gasteiger partial charge in [-0.1, -0.05) is 24.4 Å². The van der Waals surface area contributed by atoms with Crippen LogP contribution < -0.4 is 10.5 Å². The van der Waals surface area contributed by atoms with Crippen LogP contribution in [0.15, 0.2) is 23.1 Å². The Hall–Kier alpha value is -0.820. The summed E-state index contributed by atoms with van der Waals surface area (Å²) in [4.78, 5) is 2.25. The molecule has 7 heteroatoms. The number of halogens is 1. The fourth-order valence-electron chi connectivity index (χ4n) is 2.69. The number of nitrogen functional groups attached to an aromatic ring is 1. The fraction of sp³-hybridized carbons (Fsp3) is 0.571. The van der Waals surface area contributed by atoms with E-state index in [2.05, 4.69) is 9.62 Å². The summed E-state index contributed by atoms with van der Waals surface area (Å²) in [6.07, 6.45) is 4.92. The van der Waals surface area contributed by atoms with Crippen LogP contribution in [-0.4, -0.2) is 39.5 Å². The third-order valence-electron chi connectivity index (χ3n) is 3.95. The molecule has 0 spiro atoms. The molecular formula is C14H22ClN3O2S. The predicted octanol–water partition coefficient (Wildman–Crippen LogP) is 2.07. The zero-order valence-electron chi connectivity index (χ0n) is 12.2. The Morgan fingerprint density at radius 3 is 2.71 bits per heavy atom. The van der Waals surface area contributed by atoms with Crippen molar-refractivity contribution >= 4 is 27.3 Å². The first-order valence-corrected chi connectivity index (χ1v) is 9.01. The van der Waals surface area contributed by atoms with Crippen molar-refractivity contribution < 1.29 is 8.42 Å². The first-order chi connectivity index (χ1) is 9.90. The van der Waals surface area contributed by atoms with E-state index in [1.54, 1.807) is 6.07 Å². The molecule has 0 heterocycles. The van der Waals surface area contributed by atoms with Crippen LogP contribution >= 0.6 is 11.6 Å². The second kappa shape index (κ2) is 6.96. The highest BCUT2D eigenvalue weighted by Gasteiger charge is 2.21. The molecule has 0 atom stereocenters. The maximum atomic E-state index is 12.2. The quantitative estimate of drug-likeness (QED) is 0.782. The van der Waals surface area contributed by atoms with Gasteiger partial charge >= 0.3 is 0 Å². The van der Waals surface area contributed by atoms with Gasteiger partial charge in [-0.15, -0.1) is 0 Å². The van der Waals surface area contributed by atoms with Gasteiger partial charge in [-0.05, 0) is 38.1 Å². The van der Waals surface area contributed by atoms with E-state index in [0.29, 0.717) is 24.8 Å². The van der Waals surface area contributed by atoms with Gasteiger partial charge in [0, 0.05) is 24.8 Å². The summed E-state index contributed by atoms with van der Waals surface area (Å²) in [7, 11) is -1.58. The number of hydrogen-bond acceptors (Lipinski definition) is 4. The molecule has 0 aromatic heterocycles. The van der Waals surface area contributed by atoms with Crippen molar-refractivity contribution in [1.82, 2.24) is 9.62 Å². The Morgan fingerprint density at radius 1 is 1.38 bits per heavy atom. The maximum Gasteiger partial charge on any atom is 0.242 e. The minimum atomic E-state index is -3.62. The van der Waals surface area contributed by atoms with Gasteiger partial charge in [0.15, 0.2) is 0 Å². The number of nitrogens with two attached hydrogens (primary N) is 1. The highest BCUT2D eigenvalue weighted by molar-refractivity contribution is 7.89. The lowest BCUT2D eigenvalue weighted by molar-refractivity contribution is 0.250. The van der Waals surface area contributed by atoms with Crippen molar-refractivity contribution in [3.05, 3.63) is 23.2 Å². The topological polar surface area (TPSA) is 75.4 Å². The predicted molar refractivity (Wildman–Crippen MR) is 85.9 cm³/mol. The first-order valence-electron chi connectivity index (χ1n) is 7.15. The molecular weight excluding hydrogens is 310 g/mol. The molecule has 1 aliphatic carbocycles. The highest BCUT2D eigenvalue weighted by Crippen LogP contribution is 2.24. The van der Waals surface area contributed by atoms with E-state index in [0.717, 1.165) is 0 Å². The molecule has 0 aliphatic heterocycles. The van der Waals surface area contributed by atoms with Crippen LogP contribution in [0.3, 0.4) is 0 Å². The van der Waals surface area contributed by atoms with Gasteiger partial charge in [-0.25, -0.2) is 13.1 Å². The van der Waals surface area contributed by atoms with Gasteiger partial charge in [-0.2, -0.15) is 0 Å². The van der Waals surface area contributed by atoms with Crippen LogP contribution in [0.25, 0.3) is 0 Å². The normalized spacial score (nSPS) is 16.7. The Labute approximate surface area is 131 Å². The van der Waals surface area contributed by atoms with Crippen molar-refractivity contribution in [1.29, 1.82) is 0 Å². The number of rotatable bonds is 6. The molecule has 1 aromatic carbocycles. The SMILES string of the molecule is CN(CCNS(=O)(=O)c1cc(N)ccc1Cl)C1CCCC1. The summed E-state index contributed by atoms with van der Waals surface area (Å²) in [6.45, 7) is 1.05. The molecule has 5 nitrogen and oxygen atoms in total. The van der Waals surface area contributed by atoms with Crippen LogP contribution in [0.2, 0.25) is 5.02 Å². The first kappa shape index (κ1) is 16.5. The Balaban J connectivity index is 1.93. The van der Waals surface area contributed by atoms with E-state index in [9.17, 15) is 8.42 Å². The fourth-order valence-corrected chi connectivity index (χ4v) is 4.24. The minimum Gasteiger partial charge on any atom is -0.399 e. The lowest BCUT2D eigenvalue weighted by atomic mass is 10.2. The van der Waals surface area contributed by atoms with Gasteiger partial charge in [0.1, 0.15) is 4.90 Å². The number of likely N-dealkylation sites (N-methyl/N-ethyl adjacent to an activating group) is 1. The van der Waals surface area contributed by atoms with Crippen molar-refractivity contribution in [2.45, 2.75) is 36.6 Å². The highest BCUT2D eigenvalue weighted by atomic mass is 35.5. The average molecular weight is 332 g/mol. The molecule has 0 bridgehead atoms. The van der Waals surface area contributed by atoms with Crippen molar-refractivity contribution in [3.8, 4) is 0 Å². The van der Waals surface area contributed by atoms with E-state index in [4.69, 9.17) is 17.3 Å². The Morgan fingerprint density at radius 2 is 2.05 bits per heavy atom. The summed E-state index contributed by atoms with van der Waals surface area (Å²) in [5.74, 6) is 0. The lowest BCUT2D eigenvalue weighted by Crippen LogP contribution is -2.37. The van der Waals surface area contributed by atoms with Crippen molar-refractivity contribution in [3.63, 3.8) is 0 Å². The van der Waals surface area contributed by atoms with E-state index in [-0.39, 0.29) is 9.92 Å². The number of hydrogen-bond donors (Lipinski definition) is 2. The second-order valence-electron chi connectivity index (χ2n) is 5.51. The maximum absolute atomic E-state index is 12.2. The Bertz CT molecular complexity index is 586. The number of nitrogens with zero attached hydrogens (tertiary/aromatic N) is 1. The summed E-state index contributed by atoms with van der Waals surface area (Å²) < 4.78 is 27.1. The van der Waals surface area contributed by atoms with Crippen molar-refractivity contribution in [2.24, 2.45) is 0 Å². The summed E-state index contributed by atoms with van der Waals surface area (Å²) in [5.41, 5.74) is 6.00. The molecule has 0 amide bonds. The minimum absolute atomic E-state index is 0.0349. The molecule has 2 rings (SSSR count). The molecule has 118 valence electrons. The zero-order chi connectivity index (χ0) is 15.5. The number of sulfonamides is 1. The van der Waals surface area contributed by atoms with E-state index < -0.39 is 10.0 Å². The monoisotopic (exact) mass is 331 g/mol. The average Bonchev–Trinajstić information content (AvgIpc) is 2.95. The number of anilines is 1. The van der Waals surface area contributed by atoms with Crippen LogP contribution in [0.4, 0.5) is 5.69 Å². The molecule has 1 saturated carbocycles. The van der Waals surface area contributed by atoms with Gasteiger partial charge in [0.25, 0.3) is 0 Å².